The molecular formula is C26H24N4O3. The third kappa shape index (κ3) is 4.17. The van der Waals surface area contributed by atoms with Crippen molar-refractivity contribution in [1.82, 2.24) is 19.8 Å². The van der Waals surface area contributed by atoms with Crippen LogP contribution in [0.15, 0.2) is 72.8 Å². The summed E-state index contributed by atoms with van der Waals surface area (Å²) >= 11 is 0. The molecule has 5 rings (SSSR count). The molecule has 0 saturated carbocycles. The molecular weight excluding hydrogens is 416 g/mol. The maximum absolute atomic E-state index is 13.1. The van der Waals surface area contributed by atoms with E-state index in [4.69, 9.17) is 4.74 Å². The summed E-state index contributed by atoms with van der Waals surface area (Å²) in [6.45, 7) is 2.24. The standard InChI is InChI=1S/C26H24N4O3/c1-33-21-9-5-8-19(14-21)16-27-25(31)20-10-11-23-22(15-20)28-24-26(32)29(12-13-30(23)24)17-18-6-3-2-4-7-18/h2-11,14-15H,12-13,16-17H2,1H3,(H,27,31). The Morgan fingerprint density at radius 2 is 1.82 bits per heavy atom. The molecule has 0 bridgehead atoms. The average molecular weight is 441 g/mol. The van der Waals surface area contributed by atoms with Gasteiger partial charge in [0.1, 0.15) is 5.75 Å². The molecule has 7 heteroatoms. The van der Waals surface area contributed by atoms with E-state index in [1.807, 2.05) is 70.1 Å². The highest BCUT2D eigenvalue weighted by atomic mass is 16.5. The summed E-state index contributed by atoms with van der Waals surface area (Å²) in [7, 11) is 1.61. The molecule has 33 heavy (non-hydrogen) atoms. The lowest BCUT2D eigenvalue weighted by molar-refractivity contribution is 0.0685. The van der Waals surface area contributed by atoms with Gasteiger partial charge in [-0.3, -0.25) is 9.59 Å². The fourth-order valence-electron chi connectivity index (χ4n) is 4.15. The summed E-state index contributed by atoms with van der Waals surface area (Å²) in [6.07, 6.45) is 0. The number of imidazole rings is 1. The molecule has 1 N–H and O–H groups in total. The van der Waals surface area contributed by atoms with Crippen LogP contribution in [0.1, 0.15) is 32.1 Å². The summed E-state index contributed by atoms with van der Waals surface area (Å²) in [4.78, 5) is 32.2. The van der Waals surface area contributed by atoms with Gasteiger partial charge >= 0.3 is 0 Å². The SMILES string of the molecule is COc1cccc(CNC(=O)c2ccc3c(c2)nc2n3CCN(Cc3ccccc3)C2=O)c1. The van der Waals surface area contributed by atoms with Gasteiger partial charge < -0.3 is 19.5 Å². The van der Waals surface area contributed by atoms with Crippen molar-refractivity contribution in [3.8, 4) is 5.75 Å². The normalized spacial score (nSPS) is 13.1. The molecule has 2 amide bonds. The van der Waals surface area contributed by atoms with Gasteiger partial charge in [0.05, 0.1) is 18.1 Å². The van der Waals surface area contributed by atoms with E-state index in [-0.39, 0.29) is 11.8 Å². The summed E-state index contributed by atoms with van der Waals surface area (Å²) in [5.41, 5.74) is 4.06. The van der Waals surface area contributed by atoms with E-state index in [1.54, 1.807) is 19.2 Å². The number of amides is 2. The highest BCUT2D eigenvalue weighted by molar-refractivity contribution is 6.00. The van der Waals surface area contributed by atoms with Crippen molar-refractivity contribution in [2.75, 3.05) is 13.7 Å². The van der Waals surface area contributed by atoms with E-state index in [0.29, 0.717) is 43.1 Å². The molecule has 0 unspecified atom stereocenters. The molecule has 3 aromatic carbocycles. The zero-order valence-corrected chi connectivity index (χ0v) is 18.3. The van der Waals surface area contributed by atoms with E-state index in [0.717, 1.165) is 22.4 Å². The predicted octanol–water partition coefficient (Wildman–Crippen LogP) is 3.63. The number of benzene rings is 3. The Kier molecular flexibility index (Phi) is 5.52. The summed E-state index contributed by atoms with van der Waals surface area (Å²) in [5.74, 6) is 0.881. The van der Waals surface area contributed by atoms with Gasteiger partial charge in [0.2, 0.25) is 0 Å². The van der Waals surface area contributed by atoms with Crippen LogP contribution in [0.4, 0.5) is 0 Å². The van der Waals surface area contributed by atoms with Crippen LogP contribution in [0, 0.1) is 0 Å². The predicted molar refractivity (Wildman–Crippen MR) is 125 cm³/mol. The Morgan fingerprint density at radius 3 is 2.64 bits per heavy atom. The maximum Gasteiger partial charge on any atom is 0.290 e. The number of hydrogen-bond acceptors (Lipinski definition) is 4. The van der Waals surface area contributed by atoms with Crippen LogP contribution in [-0.2, 0) is 19.6 Å². The summed E-state index contributed by atoms with van der Waals surface area (Å²) in [6, 6.07) is 22.9. The number of ether oxygens (including phenoxy) is 1. The van der Waals surface area contributed by atoms with Gasteiger partial charge in [-0.25, -0.2) is 4.98 Å². The number of fused-ring (bicyclic) bond motifs is 3. The summed E-state index contributed by atoms with van der Waals surface area (Å²) in [5, 5.41) is 2.93. The van der Waals surface area contributed by atoms with Crippen molar-refractivity contribution in [2.24, 2.45) is 0 Å². The van der Waals surface area contributed by atoms with Crippen molar-refractivity contribution in [1.29, 1.82) is 0 Å². The van der Waals surface area contributed by atoms with Crippen LogP contribution in [0.3, 0.4) is 0 Å². The van der Waals surface area contributed by atoms with Gasteiger partial charge in [-0.2, -0.15) is 0 Å². The van der Waals surface area contributed by atoms with Gasteiger partial charge in [-0.1, -0.05) is 42.5 Å². The Bertz CT molecular complexity index is 1330. The Hall–Kier alpha value is -4.13. The highest BCUT2D eigenvalue weighted by Gasteiger charge is 2.28. The van der Waals surface area contributed by atoms with E-state index < -0.39 is 0 Å². The second-order valence-electron chi connectivity index (χ2n) is 8.04. The smallest absolute Gasteiger partial charge is 0.290 e. The molecule has 1 aromatic heterocycles. The Morgan fingerprint density at radius 1 is 1.00 bits per heavy atom. The number of rotatable bonds is 6. The second kappa shape index (κ2) is 8.78. The minimum atomic E-state index is -0.192. The number of carbonyl (C=O) groups is 2. The first-order valence-electron chi connectivity index (χ1n) is 10.9. The second-order valence-corrected chi connectivity index (χ2v) is 8.04. The van der Waals surface area contributed by atoms with Crippen LogP contribution in [0.2, 0.25) is 0 Å². The molecule has 0 aliphatic carbocycles. The molecule has 0 atom stereocenters. The van der Waals surface area contributed by atoms with Gasteiger partial charge in [0.25, 0.3) is 11.8 Å². The van der Waals surface area contributed by atoms with Gasteiger partial charge in [0, 0.05) is 31.7 Å². The molecule has 2 heterocycles. The number of nitrogens with zero attached hydrogens (tertiary/aromatic N) is 3. The van der Waals surface area contributed by atoms with Gasteiger partial charge in [-0.05, 0) is 41.5 Å². The van der Waals surface area contributed by atoms with Crippen molar-refractivity contribution < 1.29 is 14.3 Å². The first-order chi connectivity index (χ1) is 16.1. The number of nitrogens with one attached hydrogen (secondary N) is 1. The Labute approximate surface area is 191 Å². The molecule has 0 saturated heterocycles. The number of hydrogen-bond donors (Lipinski definition) is 1. The lowest BCUT2D eigenvalue weighted by atomic mass is 10.1. The number of aromatic nitrogens is 2. The minimum absolute atomic E-state index is 0.0923. The number of methoxy groups -OCH3 is 1. The lowest BCUT2D eigenvalue weighted by Gasteiger charge is -2.27. The van der Waals surface area contributed by atoms with E-state index >= 15 is 0 Å². The largest absolute Gasteiger partial charge is 0.497 e. The maximum atomic E-state index is 13.1. The molecule has 1 aliphatic heterocycles. The molecule has 0 radical (unpaired) electrons. The average Bonchev–Trinajstić information content (AvgIpc) is 3.23. The van der Waals surface area contributed by atoms with Crippen molar-refractivity contribution in [3.63, 3.8) is 0 Å². The molecule has 7 nitrogen and oxygen atoms in total. The molecule has 4 aromatic rings. The lowest BCUT2D eigenvalue weighted by Crippen LogP contribution is -2.39. The zero-order valence-electron chi connectivity index (χ0n) is 18.3. The van der Waals surface area contributed by atoms with Gasteiger partial charge in [0.15, 0.2) is 5.82 Å². The van der Waals surface area contributed by atoms with Crippen LogP contribution < -0.4 is 10.1 Å². The molecule has 0 fully saturated rings. The topological polar surface area (TPSA) is 76.5 Å². The van der Waals surface area contributed by atoms with Crippen LogP contribution >= 0.6 is 0 Å². The van der Waals surface area contributed by atoms with E-state index in [1.165, 1.54) is 0 Å². The summed E-state index contributed by atoms with van der Waals surface area (Å²) < 4.78 is 7.17. The van der Waals surface area contributed by atoms with E-state index in [9.17, 15) is 9.59 Å². The minimum Gasteiger partial charge on any atom is -0.497 e. The highest BCUT2D eigenvalue weighted by Crippen LogP contribution is 2.23. The van der Waals surface area contributed by atoms with Gasteiger partial charge in [-0.15, -0.1) is 0 Å². The molecule has 1 aliphatic rings. The monoisotopic (exact) mass is 440 g/mol. The zero-order chi connectivity index (χ0) is 22.8. The van der Waals surface area contributed by atoms with Crippen molar-refractivity contribution >= 4 is 22.8 Å². The van der Waals surface area contributed by atoms with Crippen LogP contribution in [0.25, 0.3) is 11.0 Å². The van der Waals surface area contributed by atoms with Crippen LogP contribution in [-0.4, -0.2) is 39.9 Å². The Balaban J connectivity index is 1.33. The third-order valence-corrected chi connectivity index (χ3v) is 5.89. The quantitative estimate of drug-likeness (QED) is 0.497. The number of carbonyl (C=O) groups excluding carboxylic acids is 2. The molecule has 166 valence electrons. The van der Waals surface area contributed by atoms with Crippen molar-refractivity contribution in [3.05, 3.63) is 95.3 Å². The van der Waals surface area contributed by atoms with Crippen molar-refractivity contribution in [2.45, 2.75) is 19.6 Å². The fourth-order valence-corrected chi connectivity index (χ4v) is 4.15. The first kappa shape index (κ1) is 20.8. The first-order valence-corrected chi connectivity index (χ1v) is 10.9. The van der Waals surface area contributed by atoms with Crippen LogP contribution in [0.5, 0.6) is 5.75 Å². The van der Waals surface area contributed by atoms with E-state index in [2.05, 4.69) is 10.3 Å². The third-order valence-electron chi connectivity index (χ3n) is 5.89. The fraction of sp³-hybridized carbons (Fsp3) is 0.192. The molecule has 0 spiro atoms.